The first-order valence-electron chi connectivity index (χ1n) is 7.18. The largest absolute Gasteiger partial charge is 0.289 e. The van der Waals surface area contributed by atoms with Gasteiger partial charge in [0, 0.05) is 5.56 Å². The second-order valence-electron chi connectivity index (χ2n) is 5.07. The van der Waals surface area contributed by atoms with Crippen LogP contribution in [0.4, 0.5) is 0 Å². The highest BCUT2D eigenvalue weighted by Gasteiger charge is 2.02. The molecule has 0 heterocycles. The van der Waals surface area contributed by atoms with Gasteiger partial charge in [0.05, 0.1) is 0 Å². The molecule has 0 aliphatic rings. The third kappa shape index (κ3) is 4.28. The maximum Gasteiger partial charge on any atom is 0.185 e. The summed E-state index contributed by atoms with van der Waals surface area (Å²) in [5, 5.41) is 0. The molecule has 0 spiro atoms. The number of benzene rings is 2. The zero-order valence-corrected chi connectivity index (χ0v) is 12.5. The lowest BCUT2D eigenvalue weighted by Crippen LogP contribution is -1.94. The topological polar surface area (TPSA) is 17.1 Å². The molecule has 1 nitrogen and oxygen atoms in total. The number of hydrogen-bond acceptors (Lipinski definition) is 1. The number of allylic oxidation sites excluding steroid dienone is 3. The van der Waals surface area contributed by atoms with E-state index in [9.17, 15) is 4.79 Å². The highest BCUT2D eigenvalue weighted by atomic mass is 16.1. The first-order chi connectivity index (χ1) is 10.2. The van der Waals surface area contributed by atoms with Gasteiger partial charge in [-0.1, -0.05) is 72.3 Å². The molecular weight excluding hydrogens is 256 g/mol. The van der Waals surface area contributed by atoms with Crippen molar-refractivity contribution in [1.29, 1.82) is 0 Å². The molecule has 0 saturated heterocycles. The van der Waals surface area contributed by atoms with Crippen LogP contribution in [0.3, 0.4) is 0 Å². The number of hydrogen-bond donors (Lipinski definition) is 0. The van der Waals surface area contributed by atoms with E-state index in [2.05, 4.69) is 19.1 Å². The molecule has 0 bridgehead atoms. The summed E-state index contributed by atoms with van der Waals surface area (Å²) in [6.07, 6.45) is 6.60. The lowest BCUT2D eigenvalue weighted by atomic mass is 9.99. The molecular formula is C20H20O. The van der Waals surface area contributed by atoms with E-state index < -0.39 is 0 Å². The van der Waals surface area contributed by atoms with Crippen LogP contribution in [-0.2, 0) is 6.42 Å². The molecule has 0 unspecified atom stereocenters. The molecule has 0 atom stereocenters. The van der Waals surface area contributed by atoms with Gasteiger partial charge in [-0.05, 0) is 37.5 Å². The van der Waals surface area contributed by atoms with E-state index in [0.717, 1.165) is 17.5 Å². The van der Waals surface area contributed by atoms with E-state index in [1.54, 1.807) is 6.08 Å². The molecule has 0 aromatic heterocycles. The van der Waals surface area contributed by atoms with Crippen LogP contribution in [0.1, 0.15) is 35.3 Å². The van der Waals surface area contributed by atoms with Crippen molar-refractivity contribution in [1.82, 2.24) is 0 Å². The highest BCUT2D eigenvalue weighted by Crippen LogP contribution is 2.15. The van der Waals surface area contributed by atoms with E-state index >= 15 is 0 Å². The van der Waals surface area contributed by atoms with Crippen LogP contribution in [-0.4, -0.2) is 5.78 Å². The zero-order chi connectivity index (χ0) is 15.1. The van der Waals surface area contributed by atoms with E-state index in [-0.39, 0.29) is 5.78 Å². The molecule has 21 heavy (non-hydrogen) atoms. The maximum absolute atomic E-state index is 12.1. The Balaban J connectivity index is 2.20. The van der Waals surface area contributed by atoms with Crippen molar-refractivity contribution in [2.45, 2.75) is 20.3 Å². The van der Waals surface area contributed by atoms with Crippen LogP contribution < -0.4 is 0 Å². The summed E-state index contributed by atoms with van der Waals surface area (Å²) in [6.45, 7) is 4.17. The van der Waals surface area contributed by atoms with Crippen molar-refractivity contribution in [3.8, 4) is 0 Å². The van der Waals surface area contributed by atoms with Crippen molar-refractivity contribution >= 4 is 11.9 Å². The summed E-state index contributed by atoms with van der Waals surface area (Å²) in [4.78, 5) is 12.1. The third-order valence-corrected chi connectivity index (χ3v) is 3.49. The minimum Gasteiger partial charge on any atom is -0.289 e. The minimum atomic E-state index is 0.0353. The van der Waals surface area contributed by atoms with Crippen molar-refractivity contribution < 1.29 is 4.79 Å². The molecule has 1 heteroatoms. The first-order valence-corrected chi connectivity index (χ1v) is 7.18. The Morgan fingerprint density at radius 3 is 2.38 bits per heavy atom. The van der Waals surface area contributed by atoms with Crippen LogP contribution in [0.5, 0.6) is 0 Å². The van der Waals surface area contributed by atoms with Gasteiger partial charge in [-0.2, -0.15) is 0 Å². The Morgan fingerprint density at radius 1 is 1.00 bits per heavy atom. The molecule has 2 aromatic rings. The molecule has 0 N–H and O–H groups in total. The van der Waals surface area contributed by atoms with Gasteiger partial charge in [-0.25, -0.2) is 0 Å². The van der Waals surface area contributed by atoms with Crippen LogP contribution >= 0.6 is 0 Å². The molecule has 0 aliphatic heterocycles. The van der Waals surface area contributed by atoms with Gasteiger partial charge in [0.2, 0.25) is 0 Å². The fourth-order valence-corrected chi connectivity index (χ4v) is 2.12. The number of carbonyl (C=O) groups is 1. The second-order valence-corrected chi connectivity index (χ2v) is 5.07. The second kappa shape index (κ2) is 7.39. The molecule has 2 aromatic carbocycles. The fraction of sp³-hybridized carbons (Fsp3) is 0.150. The summed E-state index contributed by atoms with van der Waals surface area (Å²) in [5.74, 6) is 0.0353. The van der Waals surface area contributed by atoms with Gasteiger partial charge in [-0.15, -0.1) is 0 Å². The summed E-state index contributed by atoms with van der Waals surface area (Å²) < 4.78 is 0. The Labute approximate surface area is 126 Å². The quantitative estimate of drug-likeness (QED) is 0.422. The van der Waals surface area contributed by atoms with E-state index in [1.165, 1.54) is 11.1 Å². The molecule has 0 fully saturated rings. The predicted octanol–water partition coefficient (Wildman–Crippen LogP) is 5.09. The minimum absolute atomic E-state index is 0.0353. The molecule has 0 aliphatic carbocycles. The van der Waals surface area contributed by atoms with Gasteiger partial charge >= 0.3 is 0 Å². The number of carbonyl (C=O) groups excluding carboxylic acids is 1. The monoisotopic (exact) mass is 276 g/mol. The maximum atomic E-state index is 12.1. The van der Waals surface area contributed by atoms with E-state index in [4.69, 9.17) is 0 Å². The molecule has 0 amide bonds. The Kier molecular flexibility index (Phi) is 5.28. The normalized spacial score (nSPS) is 11.8. The summed E-state index contributed by atoms with van der Waals surface area (Å²) in [7, 11) is 0. The van der Waals surface area contributed by atoms with Crippen LogP contribution in [0, 0.1) is 0 Å². The highest BCUT2D eigenvalue weighted by molar-refractivity contribution is 6.06. The van der Waals surface area contributed by atoms with Gasteiger partial charge < -0.3 is 0 Å². The van der Waals surface area contributed by atoms with Gasteiger partial charge in [0.1, 0.15) is 0 Å². The van der Waals surface area contributed by atoms with Gasteiger partial charge in [0.25, 0.3) is 0 Å². The van der Waals surface area contributed by atoms with Crippen molar-refractivity contribution in [3.63, 3.8) is 0 Å². The van der Waals surface area contributed by atoms with Crippen LogP contribution in [0.25, 0.3) is 6.08 Å². The lowest BCUT2D eigenvalue weighted by molar-refractivity contribution is 0.104. The smallest absolute Gasteiger partial charge is 0.185 e. The predicted molar refractivity (Wildman–Crippen MR) is 89.4 cm³/mol. The number of rotatable bonds is 5. The Hall–Kier alpha value is -2.41. The zero-order valence-electron chi connectivity index (χ0n) is 12.5. The Bertz CT molecular complexity index is 663. The number of ketones is 1. The Morgan fingerprint density at radius 2 is 1.67 bits per heavy atom. The molecule has 0 radical (unpaired) electrons. The first kappa shape index (κ1) is 15.0. The van der Waals surface area contributed by atoms with Crippen molar-refractivity contribution in [2.24, 2.45) is 0 Å². The standard InChI is InChI=1S/C20H20O/c1-3-16(2)15-19-12-8-7-9-17(19)13-14-20(21)18-10-5-4-6-11-18/h3-14H,15H2,1-2H3/b14-13+,16-3?. The third-order valence-electron chi connectivity index (χ3n) is 3.49. The molecule has 0 saturated carbocycles. The summed E-state index contributed by atoms with van der Waals surface area (Å²) in [5.41, 5.74) is 4.38. The van der Waals surface area contributed by atoms with Crippen molar-refractivity contribution in [2.75, 3.05) is 0 Å². The average molecular weight is 276 g/mol. The van der Waals surface area contributed by atoms with Gasteiger partial charge in [0.15, 0.2) is 5.78 Å². The fourth-order valence-electron chi connectivity index (χ4n) is 2.12. The average Bonchev–Trinajstić information content (AvgIpc) is 2.54. The summed E-state index contributed by atoms with van der Waals surface area (Å²) >= 11 is 0. The van der Waals surface area contributed by atoms with Crippen LogP contribution in [0.2, 0.25) is 0 Å². The van der Waals surface area contributed by atoms with E-state index in [0.29, 0.717) is 0 Å². The van der Waals surface area contributed by atoms with Crippen LogP contribution in [0.15, 0.2) is 72.3 Å². The molecule has 106 valence electrons. The van der Waals surface area contributed by atoms with Crippen molar-refractivity contribution in [3.05, 3.63) is 89.0 Å². The van der Waals surface area contributed by atoms with E-state index in [1.807, 2.05) is 61.5 Å². The SMILES string of the molecule is CC=C(C)Cc1ccccc1/C=C/C(=O)c1ccccc1. The summed E-state index contributed by atoms with van der Waals surface area (Å²) in [6, 6.07) is 17.5. The lowest BCUT2D eigenvalue weighted by Gasteiger charge is -2.06. The van der Waals surface area contributed by atoms with Gasteiger partial charge in [-0.3, -0.25) is 4.79 Å². The molecule has 2 rings (SSSR count).